The molecule has 0 aliphatic rings. The molecule has 1 N–H and O–H groups in total. The molecule has 0 fully saturated rings. The molecule has 0 radical (unpaired) electrons. The number of aromatic nitrogens is 2. The van der Waals surface area contributed by atoms with Gasteiger partial charge in [0.25, 0.3) is 5.56 Å². The molecule has 0 aliphatic carbocycles. The van der Waals surface area contributed by atoms with Crippen LogP contribution in [0.2, 0.25) is 10.0 Å². The van der Waals surface area contributed by atoms with Crippen LogP contribution in [0.4, 0.5) is 0 Å². The molecule has 1 aromatic carbocycles. The van der Waals surface area contributed by atoms with Crippen LogP contribution in [0, 0.1) is 6.92 Å². The Morgan fingerprint density at radius 2 is 2.06 bits per heavy atom. The number of halogens is 2. The molecule has 2 aromatic rings. The summed E-state index contributed by atoms with van der Waals surface area (Å²) in [4.78, 5) is 19.0. The number of H-pyrrole nitrogens is 1. The number of aryl methyl sites for hydroxylation is 1. The smallest absolute Gasteiger partial charge is 0.254 e. The van der Waals surface area contributed by atoms with Gasteiger partial charge in [0.15, 0.2) is 0 Å². The first-order chi connectivity index (χ1) is 8.52. The number of hydrogen-bond acceptors (Lipinski definition) is 2. The molecule has 0 saturated heterocycles. The van der Waals surface area contributed by atoms with Gasteiger partial charge in [-0.1, -0.05) is 30.1 Å². The minimum Gasteiger partial charge on any atom is -0.306 e. The van der Waals surface area contributed by atoms with Gasteiger partial charge in [-0.25, -0.2) is 4.98 Å². The summed E-state index contributed by atoms with van der Waals surface area (Å²) >= 11 is 11.9. The molecule has 0 atom stereocenters. The fraction of sp³-hybridized carbons (Fsp3) is 0.231. The maximum Gasteiger partial charge on any atom is 0.254 e. The lowest BCUT2D eigenvalue weighted by Crippen LogP contribution is -2.16. The Labute approximate surface area is 115 Å². The Hall–Kier alpha value is -1.32. The summed E-state index contributed by atoms with van der Waals surface area (Å²) in [6, 6.07) is 5.08. The first kappa shape index (κ1) is 13.1. The van der Waals surface area contributed by atoms with Gasteiger partial charge < -0.3 is 4.98 Å². The van der Waals surface area contributed by atoms with E-state index in [2.05, 4.69) is 9.97 Å². The van der Waals surface area contributed by atoms with Crippen LogP contribution >= 0.6 is 23.2 Å². The van der Waals surface area contributed by atoms with Crippen LogP contribution in [0.3, 0.4) is 0 Å². The van der Waals surface area contributed by atoms with Gasteiger partial charge in [-0.05, 0) is 31.5 Å². The Balaban J connectivity index is 2.62. The van der Waals surface area contributed by atoms with E-state index in [1.165, 1.54) is 0 Å². The van der Waals surface area contributed by atoms with E-state index in [1.807, 2.05) is 13.8 Å². The molecule has 5 heteroatoms. The third-order valence-corrected chi connectivity index (χ3v) is 3.31. The monoisotopic (exact) mass is 282 g/mol. The Morgan fingerprint density at radius 3 is 2.61 bits per heavy atom. The molecule has 0 spiro atoms. The summed E-state index contributed by atoms with van der Waals surface area (Å²) in [6.45, 7) is 3.75. The van der Waals surface area contributed by atoms with Crippen LogP contribution in [0.1, 0.15) is 18.2 Å². The lowest BCUT2D eigenvalue weighted by atomic mass is 10.1. The summed E-state index contributed by atoms with van der Waals surface area (Å²) in [5, 5.41) is 1.02. The third kappa shape index (κ3) is 2.42. The van der Waals surface area contributed by atoms with Crippen molar-refractivity contribution in [2.75, 3.05) is 0 Å². The number of rotatable bonds is 2. The fourth-order valence-corrected chi connectivity index (χ4v) is 2.33. The molecular formula is C13H12Cl2N2O. The van der Waals surface area contributed by atoms with Crippen LogP contribution in [0.5, 0.6) is 0 Å². The van der Waals surface area contributed by atoms with Gasteiger partial charge in [-0.2, -0.15) is 0 Å². The Morgan fingerprint density at radius 1 is 1.33 bits per heavy atom. The molecule has 1 aromatic heterocycles. The second kappa shape index (κ2) is 5.12. The van der Waals surface area contributed by atoms with Gasteiger partial charge in [0.05, 0.1) is 5.02 Å². The van der Waals surface area contributed by atoms with Gasteiger partial charge in [-0.3, -0.25) is 4.79 Å². The molecule has 0 aliphatic heterocycles. The maximum atomic E-state index is 11.9. The van der Waals surface area contributed by atoms with Crippen LogP contribution in [0.25, 0.3) is 11.4 Å². The van der Waals surface area contributed by atoms with E-state index >= 15 is 0 Å². The molecule has 0 amide bonds. The van der Waals surface area contributed by atoms with Crippen molar-refractivity contribution in [3.05, 3.63) is 49.9 Å². The topological polar surface area (TPSA) is 45.8 Å². The normalized spacial score (nSPS) is 10.7. The van der Waals surface area contributed by atoms with E-state index in [0.29, 0.717) is 33.4 Å². The highest BCUT2D eigenvalue weighted by Gasteiger charge is 2.10. The Kier molecular flexibility index (Phi) is 3.73. The van der Waals surface area contributed by atoms with E-state index < -0.39 is 0 Å². The maximum absolute atomic E-state index is 11.9. The number of hydrogen-bond donors (Lipinski definition) is 1. The van der Waals surface area contributed by atoms with E-state index in [1.54, 1.807) is 18.2 Å². The number of nitrogens with one attached hydrogen (secondary N) is 1. The predicted octanol–water partition coefficient (Wildman–Crippen LogP) is 3.61. The van der Waals surface area contributed by atoms with E-state index in [0.717, 1.165) is 5.69 Å². The molecule has 0 saturated carbocycles. The van der Waals surface area contributed by atoms with Crippen LogP contribution in [0.15, 0.2) is 23.0 Å². The highest BCUT2D eigenvalue weighted by atomic mass is 35.5. The minimum absolute atomic E-state index is 0.119. The highest BCUT2D eigenvalue weighted by Crippen LogP contribution is 2.27. The lowest BCUT2D eigenvalue weighted by molar-refractivity contribution is 0.968. The second-order valence-corrected chi connectivity index (χ2v) is 4.80. The third-order valence-electron chi connectivity index (χ3n) is 2.76. The molecule has 0 unspecified atom stereocenters. The number of benzene rings is 1. The van der Waals surface area contributed by atoms with Gasteiger partial charge >= 0.3 is 0 Å². The summed E-state index contributed by atoms with van der Waals surface area (Å²) in [5.41, 5.74) is 1.97. The van der Waals surface area contributed by atoms with Crippen molar-refractivity contribution in [1.82, 2.24) is 9.97 Å². The fourth-order valence-electron chi connectivity index (χ4n) is 1.84. The zero-order valence-corrected chi connectivity index (χ0v) is 11.6. The first-order valence-electron chi connectivity index (χ1n) is 5.58. The predicted molar refractivity (Wildman–Crippen MR) is 74.4 cm³/mol. The molecule has 2 rings (SSSR count). The lowest BCUT2D eigenvalue weighted by Gasteiger charge is -2.07. The summed E-state index contributed by atoms with van der Waals surface area (Å²) < 4.78 is 0. The van der Waals surface area contributed by atoms with Gasteiger partial charge in [0, 0.05) is 21.8 Å². The zero-order chi connectivity index (χ0) is 13.3. The van der Waals surface area contributed by atoms with Crippen molar-refractivity contribution in [1.29, 1.82) is 0 Å². The molecule has 94 valence electrons. The van der Waals surface area contributed by atoms with Gasteiger partial charge in [-0.15, -0.1) is 0 Å². The summed E-state index contributed by atoms with van der Waals surface area (Å²) in [6.07, 6.45) is 0.656. The van der Waals surface area contributed by atoms with Crippen molar-refractivity contribution in [3.8, 4) is 11.4 Å². The minimum atomic E-state index is -0.119. The zero-order valence-electron chi connectivity index (χ0n) is 10.1. The van der Waals surface area contributed by atoms with E-state index in [9.17, 15) is 4.79 Å². The molecule has 3 nitrogen and oxygen atoms in total. The van der Waals surface area contributed by atoms with Crippen LogP contribution in [-0.2, 0) is 6.42 Å². The van der Waals surface area contributed by atoms with Crippen molar-refractivity contribution in [3.63, 3.8) is 0 Å². The summed E-state index contributed by atoms with van der Waals surface area (Å²) in [5.74, 6) is 0.469. The SMILES string of the molecule is CCc1c(C)nc(-c2ccc(Cl)cc2Cl)[nH]c1=O. The largest absolute Gasteiger partial charge is 0.306 e. The molecule has 1 heterocycles. The standard InChI is InChI=1S/C13H12Cl2N2O/c1-3-9-7(2)16-12(17-13(9)18)10-5-4-8(14)6-11(10)15/h4-6H,3H2,1-2H3,(H,16,17,18). The number of aromatic amines is 1. The van der Waals surface area contributed by atoms with Gasteiger partial charge in [0.2, 0.25) is 0 Å². The molecule has 18 heavy (non-hydrogen) atoms. The first-order valence-corrected chi connectivity index (χ1v) is 6.33. The summed E-state index contributed by atoms with van der Waals surface area (Å²) in [7, 11) is 0. The quantitative estimate of drug-likeness (QED) is 0.915. The van der Waals surface area contributed by atoms with E-state index in [-0.39, 0.29) is 5.56 Å². The second-order valence-electron chi connectivity index (χ2n) is 3.96. The molecular weight excluding hydrogens is 271 g/mol. The van der Waals surface area contributed by atoms with Crippen LogP contribution < -0.4 is 5.56 Å². The Bertz CT molecular complexity index is 650. The van der Waals surface area contributed by atoms with Crippen molar-refractivity contribution >= 4 is 23.2 Å². The average Bonchev–Trinajstić information content (AvgIpc) is 2.28. The van der Waals surface area contributed by atoms with Crippen molar-refractivity contribution in [2.24, 2.45) is 0 Å². The van der Waals surface area contributed by atoms with Gasteiger partial charge in [0.1, 0.15) is 5.82 Å². The van der Waals surface area contributed by atoms with Crippen LogP contribution in [-0.4, -0.2) is 9.97 Å². The average molecular weight is 283 g/mol. The highest BCUT2D eigenvalue weighted by molar-refractivity contribution is 6.36. The van der Waals surface area contributed by atoms with E-state index in [4.69, 9.17) is 23.2 Å². The number of nitrogens with zero attached hydrogens (tertiary/aromatic N) is 1. The molecule has 0 bridgehead atoms. The van der Waals surface area contributed by atoms with Crippen molar-refractivity contribution < 1.29 is 0 Å². The van der Waals surface area contributed by atoms with Crippen molar-refractivity contribution in [2.45, 2.75) is 20.3 Å².